The van der Waals surface area contributed by atoms with Gasteiger partial charge in [0, 0.05) is 25.8 Å². The van der Waals surface area contributed by atoms with Crippen LogP contribution in [-0.4, -0.2) is 45.0 Å². The Morgan fingerprint density at radius 2 is 2.17 bits per heavy atom. The predicted molar refractivity (Wildman–Crippen MR) is 75.4 cm³/mol. The van der Waals surface area contributed by atoms with Crippen molar-refractivity contribution in [1.82, 2.24) is 5.32 Å². The monoisotopic (exact) mass is 252 g/mol. The Hall–Kier alpha value is -1.26. The zero-order valence-corrected chi connectivity index (χ0v) is 11.5. The molecule has 1 aromatic rings. The minimum absolute atomic E-state index is 0.00652. The van der Waals surface area contributed by atoms with Gasteiger partial charge in [0.15, 0.2) is 0 Å². The lowest BCUT2D eigenvalue weighted by Crippen LogP contribution is -2.38. The normalized spacial score (nSPS) is 12.2. The van der Waals surface area contributed by atoms with Crippen LogP contribution in [0.1, 0.15) is 13.3 Å². The average Bonchev–Trinajstić information content (AvgIpc) is 2.39. The molecule has 0 aliphatic carbocycles. The smallest absolute Gasteiger partial charge is 0.121 e. The highest BCUT2D eigenvalue weighted by molar-refractivity contribution is 5.49. The molecule has 18 heavy (non-hydrogen) atoms. The van der Waals surface area contributed by atoms with Gasteiger partial charge in [-0.25, -0.2) is 0 Å². The first-order chi connectivity index (χ1) is 8.67. The Labute approximate surface area is 110 Å². The summed E-state index contributed by atoms with van der Waals surface area (Å²) >= 11 is 0. The van der Waals surface area contributed by atoms with Crippen molar-refractivity contribution in [3.05, 3.63) is 24.3 Å². The van der Waals surface area contributed by atoms with Crippen LogP contribution >= 0.6 is 0 Å². The Kier molecular flexibility index (Phi) is 6.54. The van der Waals surface area contributed by atoms with Crippen LogP contribution in [0.2, 0.25) is 0 Å². The van der Waals surface area contributed by atoms with Crippen molar-refractivity contribution in [1.29, 1.82) is 0 Å². The van der Waals surface area contributed by atoms with Gasteiger partial charge in [0.25, 0.3) is 0 Å². The van der Waals surface area contributed by atoms with Gasteiger partial charge >= 0.3 is 0 Å². The minimum Gasteiger partial charge on any atom is -0.492 e. The molecule has 1 atom stereocenters. The molecule has 0 bridgehead atoms. The fraction of sp³-hybridized carbons (Fsp3) is 0.571. The maximum Gasteiger partial charge on any atom is 0.121 e. The van der Waals surface area contributed by atoms with Crippen LogP contribution in [0.3, 0.4) is 0 Å². The van der Waals surface area contributed by atoms with Crippen molar-refractivity contribution < 1.29 is 9.84 Å². The largest absolute Gasteiger partial charge is 0.492 e. The van der Waals surface area contributed by atoms with Gasteiger partial charge in [0.2, 0.25) is 0 Å². The quantitative estimate of drug-likeness (QED) is 0.736. The van der Waals surface area contributed by atoms with Gasteiger partial charge in [0.1, 0.15) is 12.4 Å². The van der Waals surface area contributed by atoms with Crippen LogP contribution in [0, 0.1) is 0 Å². The Morgan fingerprint density at radius 3 is 2.78 bits per heavy atom. The Morgan fingerprint density at radius 1 is 1.39 bits per heavy atom. The fourth-order valence-corrected chi connectivity index (χ4v) is 1.57. The molecule has 102 valence electrons. The number of hydrogen-bond donors (Lipinski definition) is 2. The lowest BCUT2D eigenvalue weighted by Gasteiger charge is -2.18. The van der Waals surface area contributed by atoms with E-state index in [1.807, 2.05) is 43.3 Å². The van der Waals surface area contributed by atoms with Gasteiger partial charge in [-0.2, -0.15) is 0 Å². The second-order valence-corrected chi connectivity index (χ2v) is 4.54. The summed E-state index contributed by atoms with van der Waals surface area (Å²) in [4.78, 5) is 2.03. The summed E-state index contributed by atoms with van der Waals surface area (Å²) in [5.74, 6) is 0.831. The molecule has 4 heteroatoms. The second-order valence-electron chi connectivity index (χ2n) is 4.54. The molecule has 0 aliphatic rings. The van der Waals surface area contributed by atoms with Crippen LogP contribution in [-0.2, 0) is 0 Å². The summed E-state index contributed by atoms with van der Waals surface area (Å²) in [6.07, 6.45) is 1.05. The molecular formula is C14H24N2O2. The molecule has 0 saturated carbocycles. The topological polar surface area (TPSA) is 44.7 Å². The van der Waals surface area contributed by atoms with Crippen molar-refractivity contribution >= 4 is 5.69 Å². The van der Waals surface area contributed by atoms with Gasteiger partial charge < -0.3 is 20.1 Å². The zero-order valence-electron chi connectivity index (χ0n) is 11.5. The summed E-state index contributed by atoms with van der Waals surface area (Å²) in [5.41, 5.74) is 1.11. The van der Waals surface area contributed by atoms with Crippen molar-refractivity contribution in [2.45, 2.75) is 19.4 Å². The summed E-state index contributed by atoms with van der Waals surface area (Å²) in [7, 11) is 4.00. The molecule has 0 heterocycles. The van der Waals surface area contributed by atoms with E-state index in [1.54, 1.807) is 0 Å². The third-order valence-electron chi connectivity index (χ3n) is 2.69. The van der Waals surface area contributed by atoms with Crippen molar-refractivity contribution in [3.63, 3.8) is 0 Å². The first kappa shape index (κ1) is 14.8. The lowest BCUT2D eigenvalue weighted by molar-refractivity contribution is 0.183. The van der Waals surface area contributed by atoms with Crippen LogP contribution < -0.4 is 15.0 Å². The van der Waals surface area contributed by atoms with Gasteiger partial charge in [-0.05, 0) is 25.1 Å². The highest BCUT2D eigenvalue weighted by Crippen LogP contribution is 2.19. The Balaban J connectivity index is 2.48. The molecule has 0 spiro atoms. The first-order valence-corrected chi connectivity index (χ1v) is 6.41. The van der Waals surface area contributed by atoms with E-state index >= 15 is 0 Å². The highest BCUT2D eigenvalue weighted by atomic mass is 16.5. The average molecular weight is 252 g/mol. The van der Waals surface area contributed by atoms with E-state index in [-0.39, 0.29) is 12.6 Å². The number of nitrogens with zero attached hydrogens (tertiary/aromatic N) is 1. The van der Waals surface area contributed by atoms with Crippen LogP contribution in [0.4, 0.5) is 5.69 Å². The van der Waals surface area contributed by atoms with E-state index in [9.17, 15) is 5.11 Å². The fourth-order valence-electron chi connectivity index (χ4n) is 1.57. The molecule has 1 aromatic carbocycles. The molecular weight excluding hydrogens is 228 g/mol. The van der Waals surface area contributed by atoms with Gasteiger partial charge in [0.05, 0.1) is 12.6 Å². The maximum atomic E-state index is 9.22. The molecule has 0 aromatic heterocycles. The number of anilines is 1. The number of hydrogen-bond acceptors (Lipinski definition) is 4. The molecule has 1 unspecified atom stereocenters. The van der Waals surface area contributed by atoms with Crippen LogP contribution in [0.25, 0.3) is 0 Å². The molecule has 2 N–H and O–H groups in total. The maximum absolute atomic E-state index is 9.22. The predicted octanol–water partition coefficient (Wildman–Crippen LogP) is 1.49. The van der Waals surface area contributed by atoms with Gasteiger partial charge in [-0.3, -0.25) is 0 Å². The number of benzene rings is 1. The molecule has 0 radical (unpaired) electrons. The number of aliphatic hydroxyl groups is 1. The minimum atomic E-state index is -0.00652. The SMILES string of the molecule is CCCNC(CO)COc1cccc(N(C)C)c1. The molecule has 4 nitrogen and oxygen atoms in total. The van der Waals surface area contributed by atoms with Crippen molar-refractivity contribution in [3.8, 4) is 5.75 Å². The summed E-state index contributed by atoms with van der Waals surface area (Å²) in [6.45, 7) is 3.57. The van der Waals surface area contributed by atoms with E-state index in [2.05, 4.69) is 12.2 Å². The van der Waals surface area contributed by atoms with Crippen LogP contribution in [0.5, 0.6) is 5.75 Å². The molecule has 0 amide bonds. The summed E-state index contributed by atoms with van der Waals surface area (Å²) in [5, 5.41) is 12.5. The molecule has 0 aliphatic heterocycles. The van der Waals surface area contributed by atoms with E-state index in [4.69, 9.17) is 4.74 Å². The second kappa shape index (κ2) is 7.95. The molecule has 1 rings (SSSR count). The van der Waals surface area contributed by atoms with E-state index in [0.29, 0.717) is 6.61 Å². The summed E-state index contributed by atoms with van der Waals surface area (Å²) < 4.78 is 5.70. The third-order valence-corrected chi connectivity index (χ3v) is 2.69. The van der Waals surface area contributed by atoms with E-state index in [0.717, 1.165) is 24.4 Å². The number of nitrogens with one attached hydrogen (secondary N) is 1. The molecule has 0 fully saturated rings. The lowest BCUT2D eigenvalue weighted by atomic mass is 10.3. The van der Waals surface area contributed by atoms with Gasteiger partial charge in [-0.1, -0.05) is 13.0 Å². The van der Waals surface area contributed by atoms with E-state index in [1.165, 1.54) is 0 Å². The Bertz CT molecular complexity index is 342. The third kappa shape index (κ3) is 4.94. The first-order valence-electron chi connectivity index (χ1n) is 6.41. The van der Waals surface area contributed by atoms with Crippen molar-refractivity contribution in [2.24, 2.45) is 0 Å². The molecule has 0 saturated heterocycles. The van der Waals surface area contributed by atoms with E-state index < -0.39 is 0 Å². The van der Waals surface area contributed by atoms with Crippen LogP contribution in [0.15, 0.2) is 24.3 Å². The highest BCUT2D eigenvalue weighted by Gasteiger charge is 2.07. The number of aliphatic hydroxyl groups excluding tert-OH is 1. The standard InChI is InChI=1S/C14H24N2O2/c1-4-8-15-12(10-17)11-18-14-7-5-6-13(9-14)16(2)3/h5-7,9,12,15,17H,4,8,10-11H2,1-3H3. The number of ether oxygens (including phenoxy) is 1. The number of rotatable bonds is 8. The summed E-state index contributed by atoms with van der Waals surface area (Å²) in [6, 6.07) is 7.92. The van der Waals surface area contributed by atoms with Gasteiger partial charge in [-0.15, -0.1) is 0 Å². The zero-order chi connectivity index (χ0) is 13.4. The van der Waals surface area contributed by atoms with Crippen molar-refractivity contribution in [2.75, 3.05) is 38.8 Å².